The molecule has 1 fully saturated rings. The van der Waals surface area contributed by atoms with Gasteiger partial charge in [0, 0.05) is 18.7 Å². The van der Waals surface area contributed by atoms with Crippen LogP contribution in [0.1, 0.15) is 11.1 Å². The monoisotopic (exact) mass is 313 g/mol. The van der Waals surface area contributed by atoms with E-state index >= 15 is 0 Å². The van der Waals surface area contributed by atoms with Gasteiger partial charge in [0.2, 0.25) is 0 Å². The summed E-state index contributed by atoms with van der Waals surface area (Å²) in [5.74, 6) is 0.859. The van der Waals surface area contributed by atoms with Gasteiger partial charge in [0.25, 0.3) is 0 Å². The van der Waals surface area contributed by atoms with E-state index in [1.54, 1.807) is 0 Å². The van der Waals surface area contributed by atoms with Gasteiger partial charge in [-0.15, -0.1) is 0 Å². The fourth-order valence-electron chi connectivity index (χ4n) is 2.38. The van der Waals surface area contributed by atoms with Crippen LogP contribution in [0.4, 0.5) is 0 Å². The fraction of sp³-hybridized carbons (Fsp3) is 0.278. The Morgan fingerprint density at radius 1 is 1.00 bits per heavy atom. The molecule has 0 unspecified atom stereocenters. The molecule has 0 radical (unpaired) electrons. The zero-order valence-corrected chi connectivity index (χ0v) is 13.2. The van der Waals surface area contributed by atoms with Crippen molar-refractivity contribution in [2.24, 2.45) is 0 Å². The van der Waals surface area contributed by atoms with Crippen molar-refractivity contribution < 1.29 is 9.47 Å². The molecule has 2 aromatic carbocycles. The van der Waals surface area contributed by atoms with Crippen LogP contribution in [0.5, 0.6) is 5.75 Å². The zero-order chi connectivity index (χ0) is 15.2. The SMILES string of the molecule is S=C(c1ccc(OCc2ccccc2)cc1)N1CCOCC1. The highest BCUT2D eigenvalue weighted by molar-refractivity contribution is 7.80. The van der Waals surface area contributed by atoms with Crippen molar-refractivity contribution in [1.82, 2.24) is 4.90 Å². The molecule has 0 bridgehead atoms. The van der Waals surface area contributed by atoms with E-state index in [-0.39, 0.29) is 0 Å². The van der Waals surface area contributed by atoms with E-state index in [2.05, 4.69) is 17.0 Å². The van der Waals surface area contributed by atoms with Gasteiger partial charge < -0.3 is 14.4 Å². The van der Waals surface area contributed by atoms with Gasteiger partial charge in [0.05, 0.1) is 13.2 Å². The van der Waals surface area contributed by atoms with Crippen LogP contribution in [0.3, 0.4) is 0 Å². The molecule has 1 saturated heterocycles. The van der Waals surface area contributed by atoms with E-state index in [1.165, 1.54) is 0 Å². The molecule has 1 aliphatic heterocycles. The van der Waals surface area contributed by atoms with Crippen molar-refractivity contribution in [1.29, 1.82) is 0 Å². The van der Waals surface area contributed by atoms with Gasteiger partial charge in [0.1, 0.15) is 17.3 Å². The van der Waals surface area contributed by atoms with Crippen LogP contribution in [-0.2, 0) is 11.3 Å². The van der Waals surface area contributed by atoms with Crippen molar-refractivity contribution in [2.45, 2.75) is 6.61 Å². The van der Waals surface area contributed by atoms with Gasteiger partial charge in [-0.25, -0.2) is 0 Å². The number of hydrogen-bond donors (Lipinski definition) is 0. The highest BCUT2D eigenvalue weighted by Crippen LogP contribution is 2.16. The number of benzene rings is 2. The van der Waals surface area contributed by atoms with Gasteiger partial charge in [-0.2, -0.15) is 0 Å². The third-order valence-corrected chi connectivity index (χ3v) is 4.14. The molecule has 0 atom stereocenters. The van der Waals surface area contributed by atoms with Gasteiger partial charge in [0.15, 0.2) is 0 Å². The summed E-state index contributed by atoms with van der Waals surface area (Å²) in [6, 6.07) is 18.2. The second kappa shape index (κ2) is 7.38. The number of morpholine rings is 1. The van der Waals surface area contributed by atoms with E-state index in [4.69, 9.17) is 21.7 Å². The lowest BCUT2D eigenvalue weighted by atomic mass is 10.2. The second-order valence-electron chi connectivity index (χ2n) is 5.20. The van der Waals surface area contributed by atoms with Crippen molar-refractivity contribution >= 4 is 17.2 Å². The Bertz CT molecular complexity index is 607. The van der Waals surface area contributed by atoms with Crippen LogP contribution in [0.2, 0.25) is 0 Å². The van der Waals surface area contributed by atoms with Crippen molar-refractivity contribution in [2.75, 3.05) is 26.3 Å². The molecule has 1 heterocycles. The van der Waals surface area contributed by atoms with Crippen molar-refractivity contribution in [3.63, 3.8) is 0 Å². The maximum Gasteiger partial charge on any atom is 0.119 e. The average Bonchev–Trinajstić information content (AvgIpc) is 2.61. The summed E-state index contributed by atoms with van der Waals surface area (Å²) >= 11 is 5.55. The lowest BCUT2D eigenvalue weighted by Crippen LogP contribution is -2.40. The number of thiocarbonyl (C=S) groups is 1. The van der Waals surface area contributed by atoms with Gasteiger partial charge in [-0.05, 0) is 29.8 Å². The number of nitrogens with zero attached hydrogens (tertiary/aromatic N) is 1. The first-order chi connectivity index (χ1) is 10.8. The van der Waals surface area contributed by atoms with E-state index in [0.717, 1.165) is 48.2 Å². The minimum atomic E-state index is 0.577. The maximum atomic E-state index is 5.80. The van der Waals surface area contributed by atoms with Gasteiger partial charge in [-0.1, -0.05) is 42.5 Å². The first-order valence-electron chi connectivity index (χ1n) is 7.47. The van der Waals surface area contributed by atoms with E-state index in [0.29, 0.717) is 6.61 Å². The molecule has 2 aromatic rings. The Morgan fingerprint density at radius 2 is 1.68 bits per heavy atom. The Kier molecular flexibility index (Phi) is 5.03. The topological polar surface area (TPSA) is 21.7 Å². The molecule has 3 rings (SSSR count). The quantitative estimate of drug-likeness (QED) is 0.808. The Balaban J connectivity index is 1.59. The normalized spacial score (nSPS) is 14.6. The second-order valence-corrected chi connectivity index (χ2v) is 5.59. The van der Waals surface area contributed by atoms with E-state index < -0.39 is 0 Å². The van der Waals surface area contributed by atoms with Crippen LogP contribution < -0.4 is 4.74 Å². The molecule has 1 aliphatic rings. The first-order valence-corrected chi connectivity index (χ1v) is 7.87. The molecule has 0 N–H and O–H groups in total. The summed E-state index contributed by atoms with van der Waals surface area (Å²) < 4.78 is 11.2. The largest absolute Gasteiger partial charge is 0.489 e. The molecule has 0 amide bonds. The summed E-state index contributed by atoms with van der Waals surface area (Å²) in [4.78, 5) is 3.08. The molecule has 0 aromatic heterocycles. The van der Waals surface area contributed by atoms with Crippen LogP contribution in [0, 0.1) is 0 Å². The molecule has 0 saturated carbocycles. The molecule has 114 valence electrons. The average molecular weight is 313 g/mol. The van der Waals surface area contributed by atoms with Crippen molar-refractivity contribution in [3.05, 3.63) is 65.7 Å². The fourth-order valence-corrected chi connectivity index (χ4v) is 2.70. The van der Waals surface area contributed by atoms with Gasteiger partial charge >= 0.3 is 0 Å². The predicted octanol–water partition coefficient (Wildman–Crippen LogP) is 3.27. The maximum absolute atomic E-state index is 5.80. The minimum absolute atomic E-state index is 0.577. The number of hydrogen-bond acceptors (Lipinski definition) is 3. The molecule has 22 heavy (non-hydrogen) atoms. The lowest BCUT2D eigenvalue weighted by Gasteiger charge is -2.29. The van der Waals surface area contributed by atoms with E-state index in [9.17, 15) is 0 Å². The highest BCUT2D eigenvalue weighted by atomic mass is 32.1. The first kappa shape index (κ1) is 15.0. The molecule has 0 spiro atoms. The van der Waals surface area contributed by atoms with Crippen molar-refractivity contribution in [3.8, 4) is 5.75 Å². The molecule has 4 heteroatoms. The van der Waals surface area contributed by atoms with E-state index in [1.807, 2.05) is 42.5 Å². The molecular weight excluding hydrogens is 294 g/mol. The summed E-state index contributed by atoms with van der Waals surface area (Å²) in [5.41, 5.74) is 2.22. The predicted molar refractivity (Wildman–Crippen MR) is 91.3 cm³/mol. The smallest absolute Gasteiger partial charge is 0.119 e. The summed E-state index contributed by atoms with van der Waals surface area (Å²) in [6.45, 7) is 3.81. The Morgan fingerprint density at radius 3 is 2.36 bits per heavy atom. The Labute approximate surface area is 136 Å². The van der Waals surface area contributed by atoms with Crippen LogP contribution in [0.25, 0.3) is 0 Å². The number of rotatable bonds is 4. The summed E-state index contributed by atoms with van der Waals surface area (Å²) in [6.07, 6.45) is 0. The Hall–Kier alpha value is -1.91. The third-order valence-electron chi connectivity index (χ3n) is 3.65. The van der Waals surface area contributed by atoms with Crippen LogP contribution in [0.15, 0.2) is 54.6 Å². The highest BCUT2D eigenvalue weighted by Gasteiger charge is 2.14. The van der Waals surface area contributed by atoms with Crippen LogP contribution >= 0.6 is 12.2 Å². The standard InChI is InChI=1S/C18H19NO2S/c22-18(19-10-12-20-13-11-19)16-6-8-17(9-7-16)21-14-15-4-2-1-3-5-15/h1-9H,10-14H2. The molecular formula is C18H19NO2S. The minimum Gasteiger partial charge on any atom is -0.489 e. The molecule has 0 aliphatic carbocycles. The van der Waals surface area contributed by atoms with Crippen LogP contribution in [-0.4, -0.2) is 36.2 Å². The number of ether oxygens (including phenoxy) is 2. The lowest BCUT2D eigenvalue weighted by molar-refractivity contribution is 0.0693. The van der Waals surface area contributed by atoms with Gasteiger partial charge in [-0.3, -0.25) is 0 Å². The summed E-state index contributed by atoms with van der Waals surface area (Å²) in [7, 11) is 0. The molecule has 3 nitrogen and oxygen atoms in total. The summed E-state index contributed by atoms with van der Waals surface area (Å²) in [5, 5.41) is 0. The third kappa shape index (κ3) is 3.84. The zero-order valence-electron chi connectivity index (χ0n) is 12.4.